The molecule has 1 heterocycles. The number of nitriles is 1. The summed E-state index contributed by atoms with van der Waals surface area (Å²) in [7, 11) is 0. The Kier molecular flexibility index (Phi) is 3.61. The number of ether oxygens (including phenoxy) is 1. The molecule has 1 aliphatic rings. The molecule has 0 unspecified atom stereocenters. The first-order valence-corrected chi connectivity index (χ1v) is 6.60. The number of fused-ring (bicyclic) bond motifs is 1. The highest BCUT2D eigenvalue weighted by molar-refractivity contribution is 6.30. The zero-order chi connectivity index (χ0) is 13.3. The number of hydrogen-bond donors (Lipinski definition) is 0. The van der Waals surface area contributed by atoms with E-state index >= 15 is 0 Å². The molecule has 0 N–H and O–H groups in total. The highest BCUT2D eigenvalue weighted by atomic mass is 35.5. The zero-order valence-electron chi connectivity index (χ0n) is 11.0. The van der Waals surface area contributed by atoms with E-state index in [0.717, 1.165) is 29.7 Å². The van der Waals surface area contributed by atoms with Crippen LogP contribution < -0.4 is 0 Å². The van der Waals surface area contributed by atoms with E-state index in [9.17, 15) is 5.26 Å². The Labute approximate surface area is 113 Å². The molecule has 0 saturated carbocycles. The van der Waals surface area contributed by atoms with Crippen LogP contribution in [-0.4, -0.2) is 17.7 Å². The molecular formula is C14H17ClN2O. The maximum atomic E-state index is 9.54. The Hall–Kier alpha value is -1.11. The molecule has 96 valence electrons. The Morgan fingerprint density at radius 2 is 2.39 bits per heavy atom. The minimum atomic E-state index is -0.707. The summed E-state index contributed by atoms with van der Waals surface area (Å²) in [6.45, 7) is 6.39. The van der Waals surface area contributed by atoms with Crippen molar-refractivity contribution in [1.29, 1.82) is 5.26 Å². The van der Waals surface area contributed by atoms with E-state index in [1.165, 1.54) is 0 Å². The molecule has 2 rings (SSSR count). The summed E-state index contributed by atoms with van der Waals surface area (Å²) in [5.41, 5.74) is 2.16. The van der Waals surface area contributed by atoms with Gasteiger partial charge < -0.3 is 4.74 Å². The Bertz CT molecular complexity index is 509. The molecule has 4 heteroatoms. The third kappa shape index (κ3) is 2.00. The van der Waals surface area contributed by atoms with Gasteiger partial charge in [0, 0.05) is 6.61 Å². The number of halogens is 1. The monoisotopic (exact) mass is 264 g/mol. The summed E-state index contributed by atoms with van der Waals surface area (Å²) in [6.07, 6.45) is 1.64. The maximum absolute atomic E-state index is 9.54. The van der Waals surface area contributed by atoms with Crippen molar-refractivity contribution in [2.75, 3.05) is 6.61 Å². The number of hydrogen-bond acceptors (Lipinski definition) is 3. The molecule has 0 aromatic carbocycles. The van der Waals surface area contributed by atoms with Crippen molar-refractivity contribution < 1.29 is 4.74 Å². The number of rotatable bonds is 2. The zero-order valence-corrected chi connectivity index (χ0v) is 11.7. The van der Waals surface area contributed by atoms with Gasteiger partial charge in [-0.1, -0.05) is 17.7 Å². The molecule has 0 fully saturated rings. The third-order valence-electron chi connectivity index (χ3n) is 3.64. The van der Waals surface area contributed by atoms with E-state index < -0.39 is 5.41 Å². The molecule has 0 radical (unpaired) electrons. The van der Waals surface area contributed by atoms with Crippen LogP contribution in [0.2, 0.25) is 5.15 Å². The summed E-state index contributed by atoms with van der Waals surface area (Å²) in [5.74, 6) is 0. The fourth-order valence-corrected chi connectivity index (χ4v) is 2.73. The van der Waals surface area contributed by atoms with Gasteiger partial charge in [0.05, 0.1) is 17.9 Å². The lowest BCUT2D eigenvalue weighted by Crippen LogP contribution is -2.42. The summed E-state index contributed by atoms with van der Waals surface area (Å²) in [5, 5.41) is 10.0. The van der Waals surface area contributed by atoms with Gasteiger partial charge in [-0.3, -0.25) is 0 Å². The normalized spacial score (nSPS) is 26.5. The Morgan fingerprint density at radius 3 is 3.00 bits per heavy atom. The van der Waals surface area contributed by atoms with Crippen LogP contribution in [0.5, 0.6) is 0 Å². The summed E-state index contributed by atoms with van der Waals surface area (Å²) in [4.78, 5) is 4.43. The maximum Gasteiger partial charge on any atom is 0.132 e. The van der Waals surface area contributed by atoms with Crippen molar-refractivity contribution in [2.45, 2.75) is 45.1 Å². The van der Waals surface area contributed by atoms with Gasteiger partial charge in [0.1, 0.15) is 10.6 Å². The fraction of sp³-hybridized carbons (Fsp3) is 0.571. The lowest BCUT2D eigenvalue weighted by Gasteiger charge is -2.36. The molecule has 1 aliphatic carbocycles. The van der Waals surface area contributed by atoms with E-state index in [4.69, 9.17) is 16.3 Å². The first kappa shape index (κ1) is 13.3. The predicted molar refractivity (Wildman–Crippen MR) is 70.7 cm³/mol. The second-order valence-electron chi connectivity index (χ2n) is 4.90. The molecule has 3 nitrogen and oxygen atoms in total. The van der Waals surface area contributed by atoms with Crippen LogP contribution in [0, 0.1) is 18.3 Å². The van der Waals surface area contributed by atoms with E-state index in [2.05, 4.69) is 11.1 Å². The molecule has 1 aromatic heterocycles. The third-order valence-corrected chi connectivity index (χ3v) is 4.02. The van der Waals surface area contributed by atoms with Crippen molar-refractivity contribution in [1.82, 2.24) is 4.98 Å². The molecule has 1 aromatic rings. The molecular weight excluding hydrogens is 248 g/mol. The standard InChI is InChI=1S/C14H17ClN2O/c1-4-18-11-6-5-10-7-9(2)13(15)17-12(10)14(11,3)8-16/h7,11H,4-6H2,1-3H3/t11-,14+/m0/s1. The largest absolute Gasteiger partial charge is 0.376 e. The van der Waals surface area contributed by atoms with Crippen molar-refractivity contribution in [3.05, 3.63) is 28.0 Å². The number of nitrogens with zero attached hydrogens (tertiary/aromatic N) is 2. The van der Waals surface area contributed by atoms with Gasteiger partial charge in [-0.15, -0.1) is 0 Å². The van der Waals surface area contributed by atoms with Crippen LogP contribution in [0.25, 0.3) is 0 Å². The van der Waals surface area contributed by atoms with Gasteiger partial charge in [-0.25, -0.2) is 4.98 Å². The SMILES string of the molecule is CCO[C@H]1CCc2cc(C)c(Cl)nc2[C@]1(C)C#N. The lowest BCUT2D eigenvalue weighted by molar-refractivity contribution is 0.0140. The van der Waals surface area contributed by atoms with E-state index in [1.54, 1.807) is 0 Å². The first-order valence-electron chi connectivity index (χ1n) is 6.22. The van der Waals surface area contributed by atoms with Crippen molar-refractivity contribution in [3.63, 3.8) is 0 Å². The molecule has 0 amide bonds. The number of aromatic nitrogens is 1. The van der Waals surface area contributed by atoms with Crippen LogP contribution in [0.15, 0.2) is 6.07 Å². The topological polar surface area (TPSA) is 45.9 Å². The van der Waals surface area contributed by atoms with Crippen LogP contribution in [0.4, 0.5) is 0 Å². The van der Waals surface area contributed by atoms with Gasteiger partial charge >= 0.3 is 0 Å². The second-order valence-corrected chi connectivity index (χ2v) is 5.26. The molecule has 0 spiro atoms. The first-order chi connectivity index (χ1) is 8.52. The van der Waals surface area contributed by atoms with Crippen LogP contribution in [0.3, 0.4) is 0 Å². The highest BCUT2D eigenvalue weighted by Gasteiger charge is 2.43. The van der Waals surface area contributed by atoms with Crippen molar-refractivity contribution >= 4 is 11.6 Å². The van der Waals surface area contributed by atoms with Crippen molar-refractivity contribution in [3.8, 4) is 6.07 Å². The van der Waals surface area contributed by atoms with E-state index in [1.807, 2.05) is 26.8 Å². The minimum Gasteiger partial charge on any atom is -0.376 e. The van der Waals surface area contributed by atoms with Crippen LogP contribution >= 0.6 is 11.6 Å². The average molecular weight is 265 g/mol. The van der Waals surface area contributed by atoms with Gasteiger partial charge in [-0.05, 0) is 44.7 Å². The summed E-state index contributed by atoms with van der Waals surface area (Å²) < 4.78 is 5.71. The van der Waals surface area contributed by atoms with E-state index in [-0.39, 0.29) is 6.10 Å². The molecule has 0 aliphatic heterocycles. The second kappa shape index (κ2) is 4.87. The molecule has 2 atom stereocenters. The lowest BCUT2D eigenvalue weighted by atomic mass is 9.73. The Balaban J connectivity index is 2.54. The van der Waals surface area contributed by atoms with Gasteiger partial charge in [-0.2, -0.15) is 5.26 Å². The predicted octanol–water partition coefficient (Wildman–Crippen LogP) is 3.18. The van der Waals surface area contributed by atoms with Gasteiger partial charge in [0.15, 0.2) is 0 Å². The van der Waals surface area contributed by atoms with Crippen LogP contribution in [0.1, 0.15) is 37.1 Å². The van der Waals surface area contributed by atoms with Crippen LogP contribution in [-0.2, 0) is 16.6 Å². The van der Waals surface area contributed by atoms with Crippen molar-refractivity contribution in [2.24, 2.45) is 0 Å². The van der Waals surface area contributed by atoms with E-state index in [0.29, 0.717) is 11.8 Å². The smallest absolute Gasteiger partial charge is 0.132 e. The summed E-state index contributed by atoms with van der Waals surface area (Å²) >= 11 is 6.09. The number of pyridine rings is 1. The quantitative estimate of drug-likeness (QED) is 0.771. The Morgan fingerprint density at radius 1 is 1.67 bits per heavy atom. The van der Waals surface area contributed by atoms with Gasteiger partial charge in [0.25, 0.3) is 0 Å². The molecule has 0 bridgehead atoms. The number of aryl methyl sites for hydroxylation is 2. The summed E-state index contributed by atoms with van der Waals surface area (Å²) in [6, 6.07) is 4.42. The highest BCUT2D eigenvalue weighted by Crippen LogP contribution is 2.38. The molecule has 18 heavy (non-hydrogen) atoms. The minimum absolute atomic E-state index is 0.105. The fourth-order valence-electron chi connectivity index (χ4n) is 2.59. The average Bonchev–Trinajstić information content (AvgIpc) is 2.36. The van der Waals surface area contributed by atoms with Gasteiger partial charge in [0.2, 0.25) is 0 Å². The molecule has 0 saturated heterocycles.